The van der Waals surface area contributed by atoms with Crippen LogP contribution in [-0.2, 0) is 19.3 Å². The van der Waals surface area contributed by atoms with Crippen molar-refractivity contribution in [2.24, 2.45) is 0 Å². The predicted molar refractivity (Wildman–Crippen MR) is 95.2 cm³/mol. The van der Waals surface area contributed by atoms with Crippen LogP contribution in [0, 0.1) is 6.92 Å². The fourth-order valence-corrected chi connectivity index (χ4v) is 4.27. The van der Waals surface area contributed by atoms with Crippen LogP contribution in [0.3, 0.4) is 0 Å². The minimum Gasteiger partial charge on any atom is -0.369 e. The van der Waals surface area contributed by atoms with Gasteiger partial charge in [0.1, 0.15) is 12.1 Å². The van der Waals surface area contributed by atoms with E-state index >= 15 is 0 Å². The van der Waals surface area contributed by atoms with Crippen molar-refractivity contribution in [2.75, 3.05) is 11.9 Å². The van der Waals surface area contributed by atoms with E-state index in [1.807, 2.05) is 17.4 Å². The number of thiazole rings is 1. The second kappa shape index (κ2) is 6.24. The summed E-state index contributed by atoms with van der Waals surface area (Å²) >= 11 is 1.89. The lowest BCUT2D eigenvalue weighted by Gasteiger charge is -2.08. The first kappa shape index (κ1) is 14.6. The molecule has 5 heteroatoms. The SMILES string of the molecule is Cc1ccc2ncnc(NCCc3nc4c(s3)CCCC4)c2c1. The summed E-state index contributed by atoms with van der Waals surface area (Å²) in [6, 6.07) is 6.27. The third-order valence-electron chi connectivity index (χ3n) is 4.31. The van der Waals surface area contributed by atoms with Crippen molar-refractivity contribution in [1.82, 2.24) is 15.0 Å². The third-order valence-corrected chi connectivity index (χ3v) is 5.53. The van der Waals surface area contributed by atoms with Gasteiger partial charge in [0, 0.05) is 23.2 Å². The Morgan fingerprint density at radius 3 is 3.00 bits per heavy atom. The van der Waals surface area contributed by atoms with Gasteiger partial charge in [-0.2, -0.15) is 0 Å². The minimum absolute atomic E-state index is 0.854. The predicted octanol–water partition coefficient (Wildman–Crippen LogP) is 3.93. The number of fused-ring (bicyclic) bond motifs is 2. The van der Waals surface area contributed by atoms with E-state index < -0.39 is 0 Å². The number of benzene rings is 1. The van der Waals surface area contributed by atoms with Gasteiger partial charge in [-0.1, -0.05) is 11.6 Å². The van der Waals surface area contributed by atoms with Gasteiger partial charge in [0.15, 0.2) is 0 Å². The van der Waals surface area contributed by atoms with Gasteiger partial charge in [0.2, 0.25) is 0 Å². The molecule has 3 aromatic rings. The summed E-state index contributed by atoms with van der Waals surface area (Å²) in [5.74, 6) is 0.917. The van der Waals surface area contributed by atoms with E-state index in [2.05, 4.69) is 34.3 Å². The molecule has 4 nitrogen and oxygen atoms in total. The number of nitrogens with one attached hydrogen (secondary N) is 1. The molecule has 2 aromatic heterocycles. The Bertz CT molecular complexity index is 817. The molecule has 118 valence electrons. The molecule has 4 rings (SSSR count). The Morgan fingerprint density at radius 1 is 1.17 bits per heavy atom. The van der Waals surface area contributed by atoms with E-state index in [-0.39, 0.29) is 0 Å². The number of hydrogen-bond donors (Lipinski definition) is 1. The zero-order chi connectivity index (χ0) is 15.6. The van der Waals surface area contributed by atoms with Gasteiger partial charge in [-0.25, -0.2) is 15.0 Å². The molecule has 0 fully saturated rings. The van der Waals surface area contributed by atoms with Gasteiger partial charge in [-0.15, -0.1) is 11.3 Å². The van der Waals surface area contributed by atoms with Gasteiger partial charge < -0.3 is 5.32 Å². The molecule has 0 saturated carbocycles. The van der Waals surface area contributed by atoms with Crippen LogP contribution < -0.4 is 5.32 Å². The molecule has 0 aliphatic heterocycles. The third kappa shape index (κ3) is 3.06. The summed E-state index contributed by atoms with van der Waals surface area (Å²) in [6.07, 6.45) is 7.57. The smallest absolute Gasteiger partial charge is 0.137 e. The van der Waals surface area contributed by atoms with Crippen LogP contribution in [0.25, 0.3) is 10.9 Å². The van der Waals surface area contributed by atoms with Gasteiger partial charge in [0.05, 0.1) is 16.2 Å². The quantitative estimate of drug-likeness (QED) is 0.790. The van der Waals surface area contributed by atoms with Crippen LogP contribution in [0.4, 0.5) is 5.82 Å². The lowest BCUT2D eigenvalue weighted by Crippen LogP contribution is -2.07. The van der Waals surface area contributed by atoms with E-state index in [0.717, 1.165) is 36.1 Å². The molecule has 1 N–H and O–H groups in total. The maximum atomic E-state index is 4.80. The fraction of sp³-hybridized carbons (Fsp3) is 0.389. The average Bonchev–Trinajstić information content (AvgIpc) is 2.98. The second-order valence-corrected chi connectivity index (χ2v) is 7.27. The summed E-state index contributed by atoms with van der Waals surface area (Å²) in [5, 5.41) is 5.80. The summed E-state index contributed by atoms with van der Waals surface area (Å²) < 4.78 is 0. The van der Waals surface area contributed by atoms with Crippen molar-refractivity contribution in [3.8, 4) is 0 Å². The molecular weight excluding hydrogens is 304 g/mol. The first-order valence-corrected chi connectivity index (χ1v) is 9.04. The van der Waals surface area contributed by atoms with Crippen LogP contribution in [0.1, 0.15) is 34.0 Å². The Kier molecular flexibility index (Phi) is 3.95. The Labute approximate surface area is 140 Å². The average molecular weight is 324 g/mol. The fourth-order valence-electron chi connectivity index (χ4n) is 3.11. The van der Waals surface area contributed by atoms with E-state index in [9.17, 15) is 0 Å². The highest BCUT2D eigenvalue weighted by molar-refractivity contribution is 7.11. The molecule has 1 aliphatic carbocycles. The maximum absolute atomic E-state index is 4.80. The highest BCUT2D eigenvalue weighted by Crippen LogP contribution is 2.27. The summed E-state index contributed by atoms with van der Waals surface area (Å²) in [7, 11) is 0. The number of rotatable bonds is 4. The first-order chi connectivity index (χ1) is 11.3. The van der Waals surface area contributed by atoms with E-state index in [1.54, 1.807) is 6.33 Å². The molecule has 0 saturated heterocycles. The lowest BCUT2D eigenvalue weighted by molar-refractivity contribution is 0.680. The molecule has 0 spiro atoms. The topological polar surface area (TPSA) is 50.7 Å². The molecule has 0 radical (unpaired) electrons. The molecule has 2 heterocycles. The van der Waals surface area contributed by atoms with Crippen molar-refractivity contribution in [3.05, 3.63) is 45.7 Å². The van der Waals surface area contributed by atoms with Crippen molar-refractivity contribution in [1.29, 1.82) is 0 Å². The van der Waals surface area contributed by atoms with Crippen molar-refractivity contribution < 1.29 is 0 Å². The molecule has 0 atom stereocenters. The number of aromatic nitrogens is 3. The highest BCUT2D eigenvalue weighted by Gasteiger charge is 2.14. The van der Waals surface area contributed by atoms with Crippen LogP contribution in [0.2, 0.25) is 0 Å². The Balaban J connectivity index is 1.47. The first-order valence-electron chi connectivity index (χ1n) is 8.22. The maximum Gasteiger partial charge on any atom is 0.137 e. The van der Waals surface area contributed by atoms with Gasteiger partial charge in [-0.3, -0.25) is 0 Å². The number of hydrogen-bond acceptors (Lipinski definition) is 5. The molecule has 1 aliphatic rings. The zero-order valence-electron chi connectivity index (χ0n) is 13.3. The second-order valence-electron chi connectivity index (χ2n) is 6.10. The monoisotopic (exact) mass is 324 g/mol. The van der Waals surface area contributed by atoms with Gasteiger partial charge in [0.25, 0.3) is 0 Å². The Hall–Kier alpha value is -2.01. The summed E-state index contributed by atoms with van der Waals surface area (Å²) in [6.45, 7) is 2.95. The van der Waals surface area contributed by atoms with E-state index in [1.165, 1.54) is 40.4 Å². The lowest BCUT2D eigenvalue weighted by atomic mass is 10.0. The van der Waals surface area contributed by atoms with E-state index in [0.29, 0.717) is 0 Å². The molecule has 0 amide bonds. The van der Waals surface area contributed by atoms with Crippen molar-refractivity contribution in [3.63, 3.8) is 0 Å². The largest absolute Gasteiger partial charge is 0.369 e. The molecular formula is C18H20N4S. The van der Waals surface area contributed by atoms with Crippen molar-refractivity contribution >= 4 is 28.1 Å². The molecule has 1 aromatic carbocycles. The standard InChI is InChI=1S/C18H20N4S/c1-12-6-7-14-13(10-12)18(21-11-20-14)19-9-8-17-22-15-4-2-3-5-16(15)23-17/h6-7,10-11H,2-5,8-9H2,1H3,(H,19,20,21). The highest BCUT2D eigenvalue weighted by atomic mass is 32.1. The molecule has 0 unspecified atom stereocenters. The van der Waals surface area contributed by atoms with Gasteiger partial charge in [-0.05, 0) is 44.7 Å². The number of aryl methyl sites for hydroxylation is 3. The summed E-state index contributed by atoms with van der Waals surface area (Å²) in [5.41, 5.74) is 3.56. The number of nitrogens with zero attached hydrogens (tertiary/aromatic N) is 3. The minimum atomic E-state index is 0.854. The zero-order valence-corrected chi connectivity index (χ0v) is 14.1. The Morgan fingerprint density at radius 2 is 2.09 bits per heavy atom. The summed E-state index contributed by atoms with van der Waals surface area (Å²) in [4.78, 5) is 15.0. The van der Waals surface area contributed by atoms with Crippen LogP contribution >= 0.6 is 11.3 Å². The van der Waals surface area contributed by atoms with Crippen LogP contribution in [0.5, 0.6) is 0 Å². The normalized spacial score (nSPS) is 14.0. The van der Waals surface area contributed by atoms with Crippen LogP contribution in [-0.4, -0.2) is 21.5 Å². The van der Waals surface area contributed by atoms with Crippen molar-refractivity contribution in [2.45, 2.75) is 39.0 Å². The number of anilines is 1. The molecule has 23 heavy (non-hydrogen) atoms. The van der Waals surface area contributed by atoms with Gasteiger partial charge >= 0.3 is 0 Å². The van der Waals surface area contributed by atoms with Crippen LogP contribution in [0.15, 0.2) is 24.5 Å². The molecule has 0 bridgehead atoms. The van der Waals surface area contributed by atoms with E-state index in [4.69, 9.17) is 4.98 Å².